The van der Waals surface area contributed by atoms with Crippen molar-refractivity contribution in [2.24, 2.45) is 5.92 Å². The number of nitrogens with zero attached hydrogens (tertiary/aromatic N) is 1. The number of hydrogen-bond donors (Lipinski definition) is 0. The lowest BCUT2D eigenvalue weighted by molar-refractivity contribution is 0.0334. The molecule has 0 bridgehead atoms. The van der Waals surface area contributed by atoms with Gasteiger partial charge in [-0.05, 0) is 31.6 Å². The highest BCUT2D eigenvalue weighted by Gasteiger charge is 2.34. The van der Waals surface area contributed by atoms with Crippen LogP contribution in [-0.2, 0) is 4.74 Å². The Kier molecular flexibility index (Phi) is 4.08. The molecule has 3 heteroatoms. The first-order valence-corrected chi connectivity index (χ1v) is 7.03. The highest BCUT2D eigenvalue weighted by molar-refractivity contribution is 9.09. The van der Waals surface area contributed by atoms with Crippen molar-refractivity contribution in [3.05, 3.63) is 0 Å². The van der Waals surface area contributed by atoms with Crippen LogP contribution in [0.5, 0.6) is 0 Å². The maximum atomic E-state index is 5.50. The van der Waals surface area contributed by atoms with Crippen molar-refractivity contribution in [2.75, 3.05) is 20.2 Å². The van der Waals surface area contributed by atoms with Gasteiger partial charge >= 0.3 is 0 Å². The minimum Gasteiger partial charge on any atom is -0.381 e. The van der Waals surface area contributed by atoms with Gasteiger partial charge in [0.25, 0.3) is 0 Å². The smallest absolute Gasteiger partial charge is 0.0586 e. The van der Waals surface area contributed by atoms with Gasteiger partial charge in [0.15, 0.2) is 0 Å². The van der Waals surface area contributed by atoms with Gasteiger partial charge in [0.1, 0.15) is 0 Å². The van der Waals surface area contributed by atoms with E-state index in [-0.39, 0.29) is 0 Å². The predicted molar refractivity (Wildman–Crippen MR) is 66.5 cm³/mol. The summed E-state index contributed by atoms with van der Waals surface area (Å²) in [6.07, 6.45) is 5.71. The van der Waals surface area contributed by atoms with Crippen LogP contribution in [0.1, 0.15) is 32.6 Å². The Morgan fingerprint density at radius 1 is 1.27 bits per heavy atom. The molecule has 1 heterocycles. The number of likely N-dealkylation sites (tertiary alicyclic amines) is 1. The van der Waals surface area contributed by atoms with Crippen LogP contribution in [0.15, 0.2) is 0 Å². The molecular weight excluding hydrogens is 254 g/mol. The molecule has 4 atom stereocenters. The molecule has 2 aliphatic rings. The van der Waals surface area contributed by atoms with Gasteiger partial charge in [-0.1, -0.05) is 22.9 Å². The second-order valence-corrected chi connectivity index (χ2v) is 6.30. The molecular formula is C12H22BrNO. The van der Waals surface area contributed by atoms with Crippen LogP contribution in [-0.4, -0.2) is 42.1 Å². The van der Waals surface area contributed by atoms with Gasteiger partial charge in [0.2, 0.25) is 0 Å². The van der Waals surface area contributed by atoms with E-state index in [4.69, 9.17) is 4.74 Å². The number of rotatable bonds is 2. The molecule has 0 N–H and O–H groups in total. The third kappa shape index (κ3) is 2.75. The van der Waals surface area contributed by atoms with E-state index in [1.54, 1.807) is 0 Å². The summed E-state index contributed by atoms with van der Waals surface area (Å²) in [6.45, 7) is 4.83. The molecule has 0 radical (unpaired) electrons. The lowest BCUT2D eigenvalue weighted by Crippen LogP contribution is -2.39. The minimum absolute atomic E-state index is 0.508. The molecule has 4 unspecified atom stereocenters. The maximum Gasteiger partial charge on any atom is 0.0586 e. The third-order valence-electron chi connectivity index (χ3n) is 4.00. The van der Waals surface area contributed by atoms with E-state index >= 15 is 0 Å². The molecule has 1 saturated carbocycles. The summed E-state index contributed by atoms with van der Waals surface area (Å²) in [4.78, 5) is 3.36. The fraction of sp³-hybridized carbons (Fsp3) is 1.00. The van der Waals surface area contributed by atoms with E-state index in [2.05, 4.69) is 27.8 Å². The van der Waals surface area contributed by atoms with Gasteiger partial charge in [0, 0.05) is 31.1 Å². The normalized spacial score (nSPS) is 43.4. The lowest BCUT2D eigenvalue weighted by atomic mass is 9.92. The average molecular weight is 276 g/mol. The van der Waals surface area contributed by atoms with Crippen molar-refractivity contribution in [3.63, 3.8) is 0 Å². The van der Waals surface area contributed by atoms with Crippen LogP contribution in [0.2, 0.25) is 0 Å². The van der Waals surface area contributed by atoms with Crippen LogP contribution >= 0.6 is 15.9 Å². The number of hydrogen-bond acceptors (Lipinski definition) is 2. The molecule has 0 aromatic carbocycles. The molecule has 1 saturated heterocycles. The molecule has 2 rings (SSSR count). The van der Waals surface area contributed by atoms with Crippen LogP contribution in [0.3, 0.4) is 0 Å². The SMILES string of the molecule is COC1CCCC(N2CC(C)C(Br)C2)C1. The van der Waals surface area contributed by atoms with E-state index < -0.39 is 0 Å². The van der Waals surface area contributed by atoms with Crippen LogP contribution in [0.25, 0.3) is 0 Å². The first kappa shape index (κ1) is 11.9. The Bertz CT molecular complexity index is 202. The first-order valence-electron chi connectivity index (χ1n) is 6.11. The quantitative estimate of drug-likeness (QED) is 0.719. The largest absolute Gasteiger partial charge is 0.381 e. The molecule has 1 aliphatic carbocycles. The van der Waals surface area contributed by atoms with Crippen LogP contribution in [0.4, 0.5) is 0 Å². The summed E-state index contributed by atoms with van der Waals surface area (Å²) in [5, 5.41) is 0. The van der Waals surface area contributed by atoms with E-state index in [1.807, 2.05) is 7.11 Å². The van der Waals surface area contributed by atoms with Gasteiger partial charge in [0.05, 0.1) is 6.10 Å². The monoisotopic (exact) mass is 275 g/mol. The summed E-state index contributed by atoms with van der Waals surface area (Å²) in [6, 6.07) is 0.772. The zero-order chi connectivity index (χ0) is 10.8. The number of alkyl halides is 1. The molecule has 0 spiro atoms. The average Bonchev–Trinajstić information content (AvgIpc) is 2.59. The van der Waals surface area contributed by atoms with E-state index in [0.29, 0.717) is 10.9 Å². The topological polar surface area (TPSA) is 12.5 Å². The summed E-state index contributed by atoms with van der Waals surface area (Å²) in [5.41, 5.74) is 0. The number of ether oxygens (including phenoxy) is 1. The van der Waals surface area contributed by atoms with E-state index in [0.717, 1.165) is 12.0 Å². The summed E-state index contributed by atoms with van der Waals surface area (Å²) in [5.74, 6) is 0.799. The second-order valence-electron chi connectivity index (χ2n) is 5.13. The third-order valence-corrected chi connectivity index (χ3v) is 5.19. The number of methoxy groups -OCH3 is 1. The minimum atomic E-state index is 0.508. The molecule has 0 aromatic heterocycles. The molecule has 1 aliphatic heterocycles. The zero-order valence-electron chi connectivity index (χ0n) is 9.79. The lowest BCUT2D eigenvalue weighted by Gasteiger charge is -2.34. The van der Waals surface area contributed by atoms with Crippen molar-refractivity contribution in [1.82, 2.24) is 4.90 Å². The summed E-state index contributed by atoms with van der Waals surface area (Å²) < 4.78 is 5.50. The Morgan fingerprint density at radius 2 is 2.07 bits per heavy atom. The van der Waals surface area contributed by atoms with Crippen molar-refractivity contribution in [3.8, 4) is 0 Å². The second kappa shape index (κ2) is 5.15. The molecule has 88 valence electrons. The Labute approximate surface area is 101 Å². The van der Waals surface area contributed by atoms with Crippen LogP contribution < -0.4 is 0 Å². The predicted octanol–water partition coefficient (Wildman–Crippen LogP) is 2.66. The van der Waals surface area contributed by atoms with Gasteiger partial charge in [-0.25, -0.2) is 0 Å². The highest BCUT2D eigenvalue weighted by Crippen LogP contribution is 2.31. The van der Waals surface area contributed by atoms with Crippen LogP contribution in [0, 0.1) is 5.92 Å². The van der Waals surface area contributed by atoms with Crippen molar-refractivity contribution < 1.29 is 4.74 Å². The maximum absolute atomic E-state index is 5.50. The molecule has 0 aromatic rings. The molecule has 2 fully saturated rings. The van der Waals surface area contributed by atoms with Gasteiger partial charge in [-0.15, -0.1) is 0 Å². The molecule has 2 nitrogen and oxygen atoms in total. The number of halogens is 1. The first-order chi connectivity index (χ1) is 7.20. The summed E-state index contributed by atoms with van der Waals surface area (Å²) in [7, 11) is 1.85. The fourth-order valence-corrected chi connectivity index (χ4v) is 3.47. The van der Waals surface area contributed by atoms with Gasteiger partial charge < -0.3 is 4.74 Å². The van der Waals surface area contributed by atoms with Crippen molar-refractivity contribution in [2.45, 2.75) is 49.6 Å². The zero-order valence-corrected chi connectivity index (χ0v) is 11.4. The highest BCUT2D eigenvalue weighted by atomic mass is 79.9. The van der Waals surface area contributed by atoms with E-state index in [1.165, 1.54) is 38.8 Å². The Hall–Kier alpha value is 0.400. The Balaban J connectivity index is 1.88. The standard InChI is InChI=1S/C12H22BrNO/c1-9-7-14(8-12(9)13)10-4-3-5-11(6-10)15-2/h9-12H,3-8H2,1-2H3. The van der Waals surface area contributed by atoms with Crippen molar-refractivity contribution >= 4 is 15.9 Å². The summed E-state index contributed by atoms with van der Waals surface area (Å²) >= 11 is 3.77. The Morgan fingerprint density at radius 3 is 2.67 bits per heavy atom. The van der Waals surface area contributed by atoms with E-state index in [9.17, 15) is 0 Å². The fourth-order valence-electron chi connectivity index (χ4n) is 2.93. The van der Waals surface area contributed by atoms with Gasteiger partial charge in [-0.2, -0.15) is 0 Å². The molecule has 15 heavy (non-hydrogen) atoms. The van der Waals surface area contributed by atoms with Crippen molar-refractivity contribution in [1.29, 1.82) is 0 Å². The van der Waals surface area contributed by atoms with Gasteiger partial charge in [-0.3, -0.25) is 4.90 Å². The molecule has 0 amide bonds.